The van der Waals surface area contributed by atoms with Crippen molar-refractivity contribution < 1.29 is 14.7 Å². The summed E-state index contributed by atoms with van der Waals surface area (Å²) in [4.78, 5) is 22.1. The first-order chi connectivity index (χ1) is 12.6. The van der Waals surface area contributed by atoms with E-state index >= 15 is 0 Å². The van der Waals surface area contributed by atoms with Crippen LogP contribution in [0.2, 0.25) is 0 Å². The first-order valence-corrected chi connectivity index (χ1v) is 10.8. The van der Waals surface area contributed by atoms with Gasteiger partial charge in [-0.05, 0) is 13.3 Å². The second kappa shape index (κ2) is 18.7. The molecule has 0 rings (SSSR count). The van der Waals surface area contributed by atoms with E-state index < -0.39 is 12.0 Å². The van der Waals surface area contributed by atoms with Crippen molar-refractivity contribution in [3.63, 3.8) is 0 Å². The van der Waals surface area contributed by atoms with Crippen LogP contribution >= 0.6 is 0 Å². The summed E-state index contributed by atoms with van der Waals surface area (Å²) in [5.41, 5.74) is 4.93. The van der Waals surface area contributed by atoms with E-state index in [2.05, 4.69) is 17.8 Å². The first-order valence-electron chi connectivity index (χ1n) is 10.8. The van der Waals surface area contributed by atoms with E-state index in [0.29, 0.717) is 6.42 Å². The number of carboxylic acids is 1. The lowest BCUT2D eigenvalue weighted by Crippen LogP contribution is -2.46. The van der Waals surface area contributed by atoms with Gasteiger partial charge in [-0.2, -0.15) is 0 Å². The van der Waals surface area contributed by atoms with Gasteiger partial charge in [0.05, 0.1) is 0 Å². The van der Waals surface area contributed by atoms with Gasteiger partial charge in [-0.1, -0.05) is 96.8 Å². The zero-order valence-corrected chi connectivity index (χ0v) is 17.2. The molecule has 0 radical (unpaired) electrons. The Labute approximate surface area is 160 Å². The standard InChI is InChI=1S/C21H42N2O3/c1-3-4-5-6-7-8-9-10-11-12-13-14-15-16-17-18-20(24)23-22-19(2)21(25)26/h19,22H,3-18H2,1-2H3,(H,23,24)(H,25,26)/t19-/m0/s1. The highest BCUT2D eigenvalue weighted by Crippen LogP contribution is 2.13. The number of hydrogen-bond acceptors (Lipinski definition) is 3. The average molecular weight is 371 g/mol. The second-order valence-corrected chi connectivity index (χ2v) is 7.45. The lowest BCUT2D eigenvalue weighted by Gasteiger charge is -2.10. The first kappa shape index (κ1) is 24.9. The largest absolute Gasteiger partial charge is 0.480 e. The minimum Gasteiger partial charge on any atom is -0.480 e. The third-order valence-electron chi connectivity index (χ3n) is 4.81. The third-order valence-corrected chi connectivity index (χ3v) is 4.81. The summed E-state index contributed by atoms with van der Waals surface area (Å²) < 4.78 is 0. The van der Waals surface area contributed by atoms with Gasteiger partial charge in [0.1, 0.15) is 6.04 Å². The maximum absolute atomic E-state index is 11.5. The molecule has 0 aliphatic rings. The fourth-order valence-corrected chi connectivity index (χ4v) is 2.97. The van der Waals surface area contributed by atoms with E-state index in [1.807, 2.05) is 0 Å². The second-order valence-electron chi connectivity index (χ2n) is 7.45. The summed E-state index contributed by atoms with van der Waals surface area (Å²) in [5.74, 6) is -1.11. The molecule has 154 valence electrons. The number of rotatable bonds is 19. The molecule has 0 saturated carbocycles. The van der Waals surface area contributed by atoms with E-state index in [9.17, 15) is 9.59 Å². The van der Waals surface area contributed by atoms with Crippen molar-refractivity contribution in [2.75, 3.05) is 0 Å². The van der Waals surface area contributed by atoms with E-state index in [-0.39, 0.29) is 5.91 Å². The van der Waals surface area contributed by atoms with Crippen LogP contribution < -0.4 is 10.9 Å². The highest BCUT2D eigenvalue weighted by molar-refractivity contribution is 5.77. The number of aliphatic carboxylic acids is 1. The Morgan fingerprint density at radius 2 is 1.12 bits per heavy atom. The monoisotopic (exact) mass is 370 g/mol. The lowest BCUT2D eigenvalue weighted by molar-refractivity contribution is -0.139. The molecule has 0 aromatic rings. The third kappa shape index (κ3) is 17.7. The summed E-state index contributed by atoms with van der Waals surface area (Å²) in [6.45, 7) is 3.76. The summed E-state index contributed by atoms with van der Waals surface area (Å²) in [6, 6.07) is -0.764. The average Bonchev–Trinajstić information content (AvgIpc) is 2.62. The molecule has 0 aromatic heterocycles. The predicted octanol–water partition coefficient (Wildman–Crippen LogP) is 5.34. The van der Waals surface area contributed by atoms with Crippen LogP contribution in [0.1, 0.15) is 117 Å². The summed E-state index contributed by atoms with van der Waals surface area (Å²) in [6.07, 6.45) is 20.0. The Morgan fingerprint density at radius 3 is 1.50 bits per heavy atom. The van der Waals surface area contributed by atoms with E-state index in [0.717, 1.165) is 12.8 Å². The highest BCUT2D eigenvalue weighted by atomic mass is 16.4. The molecule has 0 spiro atoms. The van der Waals surface area contributed by atoms with E-state index in [4.69, 9.17) is 5.11 Å². The maximum atomic E-state index is 11.5. The molecule has 0 aliphatic carbocycles. The Bertz CT molecular complexity index is 348. The molecule has 0 aromatic carbocycles. The summed E-state index contributed by atoms with van der Waals surface area (Å²) in [5, 5.41) is 8.70. The molecule has 0 fully saturated rings. The Hall–Kier alpha value is -1.10. The molecule has 5 heteroatoms. The van der Waals surface area contributed by atoms with Crippen LogP contribution in [0.3, 0.4) is 0 Å². The van der Waals surface area contributed by atoms with Crippen molar-refractivity contribution in [1.82, 2.24) is 10.9 Å². The van der Waals surface area contributed by atoms with Crippen molar-refractivity contribution >= 4 is 11.9 Å². The molecule has 0 saturated heterocycles. The van der Waals surface area contributed by atoms with Gasteiger partial charge in [-0.3, -0.25) is 15.0 Å². The molecule has 1 atom stereocenters. The number of amides is 1. The summed E-state index contributed by atoms with van der Waals surface area (Å²) >= 11 is 0. The van der Waals surface area contributed by atoms with Crippen LogP contribution in [0.4, 0.5) is 0 Å². The lowest BCUT2D eigenvalue weighted by atomic mass is 10.0. The number of carbonyl (C=O) groups is 2. The van der Waals surface area contributed by atoms with E-state index in [1.165, 1.54) is 90.4 Å². The molecule has 0 aliphatic heterocycles. The topological polar surface area (TPSA) is 78.4 Å². The van der Waals surface area contributed by atoms with Crippen LogP contribution in [-0.4, -0.2) is 23.0 Å². The minimum absolute atomic E-state index is 0.132. The van der Waals surface area contributed by atoms with Gasteiger partial charge in [0.2, 0.25) is 5.91 Å². The van der Waals surface area contributed by atoms with Crippen molar-refractivity contribution in [3.8, 4) is 0 Å². The smallest absolute Gasteiger partial charge is 0.322 e. The number of hydrazine groups is 1. The Balaban J connectivity index is 3.19. The highest BCUT2D eigenvalue weighted by Gasteiger charge is 2.10. The van der Waals surface area contributed by atoms with Gasteiger partial charge in [-0.25, -0.2) is 5.43 Å². The fraction of sp³-hybridized carbons (Fsp3) is 0.905. The molecule has 0 heterocycles. The maximum Gasteiger partial charge on any atom is 0.322 e. The number of carboxylic acid groups (broad SMARTS) is 1. The van der Waals surface area contributed by atoms with Crippen molar-refractivity contribution in [1.29, 1.82) is 0 Å². The number of carbonyl (C=O) groups excluding carboxylic acids is 1. The van der Waals surface area contributed by atoms with Gasteiger partial charge in [0.15, 0.2) is 0 Å². The molecule has 5 nitrogen and oxygen atoms in total. The van der Waals surface area contributed by atoms with Crippen LogP contribution in [-0.2, 0) is 9.59 Å². The van der Waals surface area contributed by atoms with Gasteiger partial charge >= 0.3 is 5.97 Å². The Morgan fingerprint density at radius 1 is 0.731 bits per heavy atom. The SMILES string of the molecule is CCCCCCCCCCCCCCCCCC(=O)NN[C@@H](C)C(=O)O. The van der Waals surface area contributed by atoms with Crippen LogP contribution in [0.15, 0.2) is 0 Å². The molecule has 0 bridgehead atoms. The fourth-order valence-electron chi connectivity index (χ4n) is 2.97. The predicted molar refractivity (Wildman–Crippen MR) is 108 cm³/mol. The van der Waals surface area contributed by atoms with Crippen LogP contribution in [0, 0.1) is 0 Å². The zero-order valence-electron chi connectivity index (χ0n) is 17.2. The molecule has 0 unspecified atom stereocenters. The minimum atomic E-state index is -0.975. The van der Waals surface area contributed by atoms with E-state index in [1.54, 1.807) is 0 Å². The van der Waals surface area contributed by atoms with Crippen molar-refractivity contribution in [3.05, 3.63) is 0 Å². The van der Waals surface area contributed by atoms with Gasteiger partial charge in [0, 0.05) is 6.42 Å². The summed E-state index contributed by atoms with van der Waals surface area (Å²) in [7, 11) is 0. The number of unbranched alkanes of at least 4 members (excludes halogenated alkanes) is 14. The number of nitrogens with one attached hydrogen (secondary N) is 2. The molecule has 26 heavy (non-hydrogen) atoms. The quantitative estimate of drug-likeness (QED) is 0.212. The van der Waals surface area contributed by atoms with Crippen molar-refractivity contribution in [2.45, 2.75) is 123 Å². The molecular weight excluding hydrogens is 328 g/mol. The molecule has 3 N–H and O–H groups in total. The van der Waals surface area contributed by atoms with Crippen LogP contribution in [0.25, 0.3) is 0 Å². The number of hydrogen-bond donors (Lipinski definition) is 3. The zero-order chi connectivity index (χ0) is 19.5. The van der Waals surface area contributed by atoms with Gasteiger partial charge < -0.3 is 5.11 Å². The Kier molecular flexibility index (Phi) is 17.9. The normalized spacial score (nSPS) is 12.1. The van der Waals surface area contributed by atoms with Gasteiger partial charge in [-0.15, -0.1) is 0 Å². The van der Waals surface area contributed by atoms with Crippen molar-refractivity contribution in [2.24, 2.45) is 0 Å². The molecule has 1 amide bonds. The van der Waals surface area contributed by atoms with Gasteiger partial charge in [0.25, 0.3) is 0 Å². The molecular formula is C21H42N2O3. The van der Waals surface area contributed by atoms with Crippen LogP contribution in [0.5, 0.6) is 0 Å².